The SMILES string of the molecule is COC(=O)/C(=C\C#Cc1ccccc1)CN=[N+]=[N-]. The molecule has 1 aromatic rings. The first-order valence-electron chi connectivity index (χ1n) is 5.12. The first kappa shape index (κ1) is 13.4. The highest BCUT2D eigenvalue weighted by Gasteiger charge is 2.06. The average molecular weight is 241 g/mol. The molecular weight excluding hydrogens is 230 g/mol. The maximum Gasteiger partial charge on any atom is 0.334 e. The molecule has 0 saturated heterocycles. The van der Waals surface area contributed by atoms with E-state index in [0.717, 1.165) is 5.56 Å². The molecule has 0 bridgehead atoms. The first-order valence-corrected chi connectivity index (χ1v) is 5.12. The van der Waals surface area contributed by atoms with Crippen LogP contribution in [0.4, 0.5) is 0 Å². The van der Waals surface area contributed by atoms with Gasteiger partial charge in [-0.1, -0.05) is 35.2 Å². The summed E-state index contributed by atoms with van der Waals surface area (Å²) in [5.41, 5.74) is 9.27. The fraction of sp³-hybridized carbons (Fsp3) is 0.154. The van der Waals surface area contributed by atoms with E-state index in [-0.39, 0.29) is 12.1 Å². The Bertz CT molecular complexity index is 547. The number of carbonyl (C=O) groups excluding carboxylic acids is 1. The average Bonchev–Trinajstić information content (AvgIpc) is 2.43. The van der Waals surface area contributed by atoms with E-state index >= 15 is 0 Å². The van der Waals surface area contributed by atoms with Crippen LogP contribution in [0.15, 0.2) is 47.1 Å². The molecule has 0 atom stereocenters. The van der Waals surface area contributed by atoms with Gasteiger partial charge in [-0.2, -0.15) is 0 Å². The molecule has 5 nitrogen and oxygen atoms in total. The molecule has 0 unspecified atom stereocenters. The van der Waals surface area contributed by atoms with Gasteiger partial charge in [-0.25, -0.2) is 4.79 Å². The Kier molecular flexibility index (Phi) is 5.61. The number of benzene rings is 1. The second-order valence-corrected chi connectivity index (χ2v) is 3.19. The molecule has 0 saturated carbocycles. The maximum absolute atomic E-state index is 11.3. The van der Waals surface area contributed by atoms with E-state index in [1.807, 2.05) is 30.3 Å². The highest BCUT2D eigenvalue weighted by atomic mass is 16.5. The quantitative estimate of drug-likeness (QED) is 0.203. The fourth-order valence-corrected chi connectivity index (χ4v) is 1.14. The van der Waals surface area contributed by atoms with E-state index in [2.05, 4.69) is 26.6 Å². The van der Waals surface area contributed by atoms with Crippen LogP contribution in [-0.4, -0.2) is 19.6 Å². The Balaban J connectivity index is 2.86. The van der Waals surface area contributed by atoms with E-state index in [0.29, 0.717) is 0 Å². The molecule has 0 heterocycles. The van der Waals surface area contributed by atoms with Crippen LogP contribution < -0.4 is 0 Å². The summed E-state index contributed by atoms with van der Waals surface area (Å²) in [5.74, 6) is 5.04. The van der Waals surface area contributed by atoms with Crippen molar-refractivity contribution in [3.05, 3.63) is 58.0 Å². The summed E-state index contributed by atoms with van der Waals surface area (Å²) in [4.78, 5) is 13.9. The Morgan fingerprint density at radius 3 is 2.83 bits per heavy atom. The van der Waals surface area contributed by atoms with Crippen LogP contribution >= 0.6 is 0 Å². The third-order valence-corrected chi connectivity index (χ3v) is 1.99. The number of ether oxygens (including phenoxy) is 1. The Morgan fingerprint density at radius 1 is 1.50 bits per heavy atom. The summed E-state index contributed by atoms with van der Waals surface area (Å²) in [6, 6.07) is 9.34. The number of allylic oxidation sites excluding steroid dienone is 1. The van der Waals surface area contributed by atoms with Gasteiger partial charge < -0.3 is 4.74 Å². The summed E-state index contributed by atoms with van der Waals surface area (Å²) in [5, 5.41) is 3.31. The second kappa shape index (κ2) is 7.55. The lowest BCUT2D eigenvalue weighted by atomic mass is 10.2. The van der Waals surface area contributed by atoms with Crippen molar-refractivity contribution < 1.29 is 9.53 Å². The standard InChI is InChI=1S/C13H11N3O2/c1-18-13(17)12(10-15-16-14)9-5-8-11-6-3-2-4-7-11/h2-4,6-7,9H,10H2,1H3/b12-9-. The van der Waals surface area contributed by atoms with Crippen molar-refractivity contribution in [2.24, 2.45) is 5.11 Å². The van der Waals surface area contributed by atoms with Gasteiger partial charge in [0.15, 0.2) is 0 Å². The lowest BCUT2D eigenvalue weighted by Gasteiger charge is -1.98. The van der Waals surface area contributed by atoms with Crippen molar-refractivity contribution in [2.75, 3.05) is 13.7 Å². The number of esters is 1. The second-order valence-electron chi connectivity index (χ2n) is 3.19. The summed E-state index contributed by atoms with van der Waals surface area (Å²) < 4.78 is 4.55. The lowest BCUT2D eigenvalue weighted by Crippen LogP contribution is -2.06. The number of carbonyl (C=O) groups is 1. The molecule has 0 fully saturated rings. The third-order valence-electron chi connectivity index (χ3n) is 1.99. The van der Waals surface area contributed by atoms with Gasteiger partial charge in [-0.15, -0.1) is 0 Å². The fourth-order valence-electron chi connectivity index (χ4n) is 1.14. The van der Waals surface area contributed by atoms with E-state index < -0.39 is 5.97 Å². The zero-order valence-electron chi connectivity index (χ0n) is 9.83. The number of nitrogens with zero attached hydrogens (tertiary/aromatic N) is 3. The smallest absolute Gasteiger partial charge is 0.334 e. The van der Waals surface area contributed by atoms with Crippen LogP contribution in [0.25, 0.3) is 10.4 Å². The van der Waals surface area contributed by atoms with E-state index in [1.165, 1.54) is 13.2 Å². The summed E-state index contributed by atoms with van der Waals surface area (Å²) in [7, 11) is 1.26. The minimum Gasteiger partial charge on any atom is -0.466 e. The molecule has 0 aliphatic heterocycles. The zero-order chi connectivity index (χ0) is 13.2. The highest BCUT2D eigenvalue weighted by Crippen LogP contribution is 1.99. The number of hydrogen-bond donors (Lipinski definition) is 0. The van der Waals surface area contributed by atoms with Gasteiger partial charge >= 0.3 is 5.97 Å². The van der Waals surface area contributed by atoms with Gasteiger partial charge in [0.05, 0.1) is 19.2 Å². The Morgan fingerprint density at radius 2 is 2.22 bits per heavy atom. The topological polar surface area (TPSA) is 75.1 Å². The molecule has 18 heavy (non-hydrogen) atoms. The molecule has 0 aliphatic rings. The molecule has 5 heteroatoms. The zero-order valence-corrected chi connectivity index (χ0v) is 9.83. The van der Waals surface area contributed by atoms with Crippen molar-refractivity contribution in [3.63, 3.8) is 0 Å². The van der Waals surface area contributed by atoms with Gasteiger partial charge in [-0.05, 0) is 23.7 Å². The van der Waals surface area contributed by atoms with Gasteiger partial charge in [0.1, 0.15) is 0 Å². The molecule has 0 aromatic heterocycles. The number of methoxy groups -OCH3 is 1. The van der Waals surface area contributed by atoms with Gasteiger partial charge in [0, 0.05) is 10.5 Å². The number of azide groups is 1. The van der Waals surface area contributed by atoms with Crippen LogP contribution in [0, 0.1) is 11.8 Å². The lowest BCUT2D eigenvalue weighted by molar-refractivity contribution is -0.136. The highest BCUT2D eigenvalue weighted by molar-refractivity contribution is 5.89. The summed E-state index contributed by atoms with van der Waals surface area (Å²) in [6.07, 6.45) is 1.40. The molecule has 0 radical (unpaired) electrons. The Labute approximate surface area is 105 Å². The number of hydrogen-bond acceptors (Lipinski definition) is 3. The van der Waals surface area contributed by atoms with Crippen molar-refractivity contribution in [1.29, 1.82) is 0 Å². The van der Waals surface area contributed by atoms with Crippen LogP contribution in [0.3, 0.4) is 0 Å². The molecule has 0 amide bonds. The van der Waals surface area contributed by atoms with Gasteiger partial charge in [0.2, 0.25) is 0 Å². The predicted molar refractivity (Wildman–Crippen MR) is 67.4 cm³/mol. The minimum absolute atomic E-state index is 0.0767. The van der Waals surface area contributed by atoms with Crippen LogP contribution in [0.2, 0.25) is 0 Å². The minimum atomic E-state index is -0.551. The van der Waals surface area contributed by atoms with Crippen molar-refractivity contribution in [3.8, 4) is 11.8 Å². The van der Waals surface area contributed by atoms with Crippen molar-refractivity contribution >= 4 is 5.97 Å². The predicted octanol–water partition coefficient (Wildman–Crippen LogP) is 2.45. The maximum atomic E-state index is 11.3. The van der Waals surface area contributed by atoms with Crippen LogP contribution in [-0.2, 0) is 9.53 Å². The van der Waals surface area contributed by atoms with Crippen LogP contribution in [0.1, 0.15) is 5.56 Å². The molecule has 0 N–H and O–H groups in total. The Hall–Kier alpha value is -2.70. The first-order chi connectivity index (χ1) is 8.77. The third kappa shape index (κ3) is 4.44. The molecule has 1 aromatic carbocycles. The monoisotopic (exact) mass is 241 g/mol. The van der Waals surface area contributed by atoms with Crippen molar-refractivity contribution in [2.45, 2.75) is 0 Å². The molecule has 0 spiro atoms. The largest absolute Gasteiger partial charge is 0.466 e. The molecule has 1 rings (SSSR count). The normalized spacial score (nSPS) is 9.72. The van der Waals surface area contributed by atoms with E-state index in [4.69, 9.17) is 5.53 Å². The number of rotatable bonds is 3. The van der Waals surface area contributed by atoms with Gasteiger partial charge in [-0.3, -0.25) is 0 Å². The van der Waals surface area contributed by atoms with Crippen LogP contribution in [0.5, 0.6) is 0 Å². The van der Waals surface area contributed by atoms with Gasteiger partial charge in [0.25, 0.3) is 0 Å². The molecular formula is C13H11N3O2. The summed E-state index contributed by atoms with van der Waals surface area (Å²) >= 11 is 0. The molecule has 0 aliphatic carbocycles. The van der Waals surface area contributed by atoms with E-state index in [9.17, 15) is 4.79 Å². The molecule has 90 valence electrons. The summed E-state index contributed by atoms with van der Waals surface area (Å²) in [6.45, 7) is -0.0767. The van der Waals surface area contributed by atoms with Crippen molar-refractivity contribution in [1.82, 2.24) is 0 Å². The van der Waals surface area contributed by atoms with E-state index in [1.54, 1.807) is 0 Å².